The number of imidazole rings is 1. The molecular formula is C13H12N4O2S. The van der Waals surface area contributed by atoms with Gasteiger partial charge in [0.1, 0.15) is 0 Å². The maximum atomic E-state index is 11.9. The molecule has 0 aliphatic rings. The topological polar surface area (TPSA) is 68.4 Å². The summed E-state index contributed by atoms with van der Waals surface area (Å²) in [6.07, 6.45) is 5.36. The van der Waals surface area contributed by atoms with Gasteiger partial charge in [-0.2, -0.15) is 0 Å². The molecule has 7 heteroatoms. The molecule has 102 valence electrons. The molecule has 0 aliphatic heterocycles. The number of amides is 1. The van der Waals surface area contributed by atoms with Crippen LogP contribution in [-0.2, 0) is 13.6 Å². The average molecular weight is 288 g/mol. The molecule has 0 bridgehead atoms. The van der Waals surface area contributed by atoms with E-state index >= 15 is 0 Å². The van der Waals surface area contributed by atoms with Crippen LogP contribution in [0.1, 0.15) is 16.1 Å². The van der Waals surface area contributed by atoms with E-state index in [1.54, 1.807) is 19.3 Å². The SMILES string of the molecule is Cn1ccc(C(=O)NCc2cn3ccsc3n2)cc1=O. The predicted molar refractivity (Wildman–Crippen MR) is 75.9 cm³/mol. The van der Waals surface area contributed by atoms with Gasteiger partial charge in [-0.3, -0.25) is 14.0 Å². The van der Waals surface area contributed by atoms with E-state index < -0.39 is 0 Å². The first-order valence-electron chi connectivity index (χ1n) is 5.99. The van der Waals surface area contributed by atoms with Crippen LogP contribution in [0.2, 0.25) is 0 Å². The second-order valence-electron chi connectivity index (χ2n) is 4.37. The molecule has 0 atom stereocenters. The lowest BCUT2D eigenvalue weighted by atomic mass is 10.2. The molecule has 3 aromatic rings. The number of hydrogen-bond acceptors (Lipinski definition) is 4. The molecule has 0 radical (unpaired) electrons. The molecular weight excluding hydrogens is 276 g/mol. The van der Waals surface area contributed by atoms with Gasteiger partial charge in [-0.1, -0.05) is 0 Å². The number of aromatic nitrogens is 3. The van der Waals surface area contributed by atoms with Gasteiger partial charge in [0.2, 0.25) is 0 Å². The Morgan fingerprint density at radius 1 is 1.45 bits per heavy atom. The van der Waals surface area contributed by atoms with E-state index in [4.69, 9.17) is 0 Å². The Morgan fingerprint density at radius 3 is 3.05 bits per heavy atom. The summed E-state index contributed by atoms with van der Waals surface area (Å²) in [7, 11) is 1.64. The van der Waals surface area contributed by atoms with Crippen molar-refractivity contribution in [1.82, 2.24) is 19.3 Å². The predicted octanol–water partition coefficient (Wildman–Crippen LogP) is 1.02. The lowest BCUT2D eigenvalue weighted by Crippen LogP contribution is -2.25. The lowest BCUT2D eigenvalue weighted by molar-refractivity contribution is 0.0950. The standard InChI is InChI=1S/C13H12N4O2S/c1-16-3-2-9(6-11(16)18)12(19)14-7-10-8-17-4-5-20-13(17)15-10/h2-6,8H,7H2,1H3,(H,14,19). The molecule has 20 heavy (non-hydrogen) atoms. The highest BCUT2D eigenvalue weighted by molar-refractivity contribution is 7.15. The Morgan fingerprint density at radius 2 is 2.30 bits per heavy atom. The number of thiazole rings is 1. The van der Waals surface area contributed by atoms with Crippen LogP contribution < -0.4 is 10.9 Å². The van der Waals surface area contributed by atoms with E-state index in [9.17, 15) is 9.59 Å². The van der Waals surface area contributed by atoms with Gasteiger partial charge in [-0.05, 0) is 6.07 Å². The van der Waals surface area contributed by atoms with Crippen LogP contribution in [-0.4, -0.2) is 19.9 Å². The minimum Gasteiger partial charge on any atom is -0.346 e. The first-order valence-corrected chi connectivity index (χ1v) is 6.87. The highest BCUT2D eigenvalue weighted by atomic mass is 32.1. The van der Waals surface area contributed by atoms with Crippen LogP contribution in [0.5, 0.6) is 0 Å². The summed E-state index contributed by atoms with van der Waals surface area (Å²) >= 11 is 1.54. The third-order valence-electron chi connectivity index (χ3n) is 2.94. The normalized spacial score (nSPS) is 10.8. The Hall–Kier alpha value is -2.41. The van der Waals surface area contributed by atoms with Crippen molar-refractivity contribution in [1.29, 1.82) is 0 Å². The number of carbonyl (C=O) groups excluding carboxylic acids is 1. The highest BCUT2D eigenvalue weighted by Crippen LogP contribution is 2.11. The third kappa shape index (κ3) is 2.35. The van der Waals surface area contributed by atoms with Crippen molar-refractivity contribution in [2.75, 3.05) is 0 Å². The Kier molecular flexibility index (Phi) is 3.11. The number of rotatable bonds is 3. The van der Waals surface area contributed by atoms with Crippen molar-refractivity contribution in [3.63, 3.8) is 0 Å². The highest BCUT2D eigenvalue weighted by Gasteiger charge is 2.08. The van der Waals surface area contributed by atoms with Gasteiger partial charge >= 0.3 is 0 Å². The molecule has 0 fully saturated rings. The molecule has 0 spiro atoms. The van der Waals surface area contributed by atoms with Crippen LogP contribution in [0.3, 0.4) is 0 Å². The van der Waals surface area contributed by atoms with Crippen LogP contribution in [0.15, 0.2) is 40.9 Å². The van der Waals surface area contributed by atoms with Gasteiger partial charge in [-0.15, -0.1) is 11.3 Å². The second kappa shape index (κ2) is 4.93. The van der Waals surface area contributed by atoms with Gasteiger partial charge < -0.3 is 9.88 Å². The quantitative estimate of drug-likeness (QED) is 0.782. The fourth-order valence-electron chi connectivity index (χ4n) is 1.82. The van der Waals surface area contributed by atoms with Crippen molar-refractivity contribution in [3.8, 4) is 0 Å². The van der Waals surface area contributed by atoms with E-state index in [-0.39, 0.29) is 11.5 Å². The van der Waals surface area contributed by atoms with Crippen molar-refractivity contribution in [3.05, 3.63) is 57.7 Å². The van der Waals surface area contributed by atoms with Crippen molar-refractivity contribution in [2.45, 2.75) is 6.54 Å². The van der Waals surface area contributed by atoms with Gasteiger partial charge in [0, 0.05) is 42.6 Å². The van der Waals surface area contributed by atoms with E-state index in [1.807, 2.05) is 22.2 Å². The van der Waals surface area contributed by atoms with E-state index in [2.05, 4.69) is 10.3 Å². The molecule has 0 unspecified atom stereocenters. The first-order chi connectivity index (χ1) is 9.63. The summed E-state index contributed by atoms with van der Waals surface area (Å²) in [6.45, 7) is 0.336. The molecule has 1 N–H and O–H groups in total. The summed E-state index contributed by atoms with van der Waals surface area (Å²) in [4.78, 5) is 28.7. The number of fused-ring (bicyclic) bond motifs is 1. The molecule has 1 amide bonds. The van der Waals surface area contributed by atoms with Crippen LogP contribution in [0.25, 0.3) is 4.96 Å². The van der Waals surface area contributed by atoms with E-state index in [0.717, 1.165) is 10.7 Å². The first kappa shape index (κ1) is 12.6. The summed E-state index contributed by atoms with van der Waals surface area (Å²) in [5.74, 6) is -0.279. The summed E-state index contributed by atoms with van der Waals surface area (Å²) in [6, 6.07) is 2.93. The van der Waals surface area contributed by atoms with Gasteiger partial charge in [0.05, 0.1) is 12.2 Å². The van der Waals surface area contributed by atoms with Crippen molar-refractivity contribution in [2.24, 2.45) is 7.05 Å². The average Bonchev–Trinajstić information content (AvgIpc) is 3.00. The zero-order valence-electron chi connectivity index (χ0n) is 10.7. The van der Waals surface area contributed by atoms with Gasteiger partial charge in [-0.25, -0.2) is 4.98 Å². The monoisotopic (exact) mass is 288 g/mol. The molecule has 3 aromatic heterocycles. The second-order valence-corrected chi connectivity index (χ2v) is 5.25. The largest absolute Gasteiger partial charge is 0.346 e. The number of pyridine rings is 1. The smallest absolute Gasteiger partial charge is 0.251 e. The molecule has 0 saturated carbocycles. The zero-order valence-corrected chi connectivity index (χ0v) is 11.6. The lowest BCUT2D eigenvalue weighted by Gasteiger charge is -2.03. The maximum Gasteiger partial charge on any atom is 0.251 e. The minimum atomic E-state index is -0.279. The number of carbonyl (C=O) groups is 1. The minimum absolute atomic E-state index is 0.208. The number of nitrogens with one attached hydrogen (secondary N) is 1. The fourth-order valence-corrected chi connectivity index (χ4v) is 2.54. The maximum absolute atomic E-state index is 11.9. The van der Waals surface area contributed by atoms with Crippen LogP contribution in [0.4, 0.5) is 0 Å². The summed E-state index contributed by atoms with van der Waals surface area (Å²) in [5.41, 5.74) is 0.934. The summed E-state index contributed by atoms with van der Waals surface area (Å²) in [5, 5.41) is 4.70. The molecule has 3 rings (SSSR count). The van der Waals surface area contributed by atoms with E-state index in [1.165, 1.54) is 22.0 Å². The Labute approximate surface area is 118 Å². The Balaban J connectivity index is 1.71. The number of nitrogens with zero attached hydrogens (tertiary/aromatic N) is 3. The van der Waals surface area contributed by atoms with Gasteiger partial charge in [0.15, 0.2) is 4.96 Å². The number of hydrogen-bond donors (Lipinski definition) is 1. The van der Waals surface area contributed by atoms with Gasteiger partial charge in [0.25, 0.3) is 11.5 Å². The zero-order chi connectivity index (χ0) is 14.1. The third-order valence-corrected chi connectivity index (χ3v) is 3.71. The van der Waals surface area contributed by atoms with Crippen LogP contribution in [0, 0.1) is 0 Å². The van der Waals surface area contributed by atoms with Crippen LogP contribution >= 0.6 is 11.3 Å². The molecule has 0 aliphatic carbocycles. The van der Waals surface area contributed by atoms with E-state index in [0.29, 0.717) is 12.1 Å². The Bertz CT molecular complexity index is 802. The van der Waals surface area contributed by atoms with Crippen molar-refractivity contribution >= 4 is 22.2 Å². The molecule has 0 saturated heterocycles. The molecule has 0 aromatic carbocycles. The fraction of sp³-hybridized carbons (Fsp3) is 0.154. The van der Waals surface area contributed by atoms with Crippen molar-refractivity contribution < 1.29 is 4.79 Å². The summed E-state index contributed by atoms with van der Waals surface area (Å²) < 4.78 is 3.32. The number of aryl methyl sites for hydroxylation is 1. The molecule has 6 nitrogen and oxygen atoms in total. The molecule has 3 heterocycles.